The van der Waals surface area contributed by atoms with Gasteiger partial charge in [-0.05, 0) is 48.5 Å². The number of nitrogens with zero attached hydrogens (tertiary/aromatic N) is 4. The Labute approximate surface area is 180 Å². The molecule has 0 fully saturated rings. The van der Waals surface area contributed by atoms with Gasteiger partial charge in [-0.1, -0.05) is 12.1 Å². The van der Waals surface area contributed by atoms with E-state index in [4.69, 9.17) is 4.74 Å². The first-order valence-electron chi connectivity index (χ1n) is 9.66. The summed E-state index contributed by atoms with van der Waals surface area (Å²) in [6.45, 7) is -0.511. The van der Waals surface area contributed by atoms with Crippen LogP contribution in [0.2, 0.25) is 0 Å². The lowest BCUT2D eigenvalue weighted by molar-refractivity contribution is -0.118. The van der Waals surface area contributed by atoms with Crippen molar-refractivity contribution in [2.75, 3.05) is 30.5 Å². The van der Waals surface area contributed by atoms with Crippen LogP contribution >= 0.6 is 0 Å². The Morgan fingerprint density at radius 3 is 2.03 bits per heavy atom. The van der Waals surface area contributed by atoms with Gasteiger partial charge in [0, 0.05) is 32.2 Å². The Morgan fingerprint density at radius 2 is 1.48 bits per heavy atom. The minimum Gasteiger partial charge on any atom is -0.454 e. The Morgan fingerprint density at radius 1 is 0.903 bits per heavy atom. The second-order valence-electron chi connectivity index (χ2n) is 7.05. The van der Waals surface area contributed by atoms with E-state index in [0.29, 0.717) is 11.4 Å². The van der Waals surface area contributed by atoms with Gasteiger partial charge in [0.15, 0.2) is 6.61 Å². The third kappa shape index (κ3) is 3.67. The van der Waals surface area contributed by atoms with Crippen LogP contribution in [0.3, 0.4) is 0 Å². The number of hydrogen-bond acceptors (Lipinski definition) is 6. The molecular formula is C24H20N4O3. The van der Waals surface area contributed by atoms with Crippen molar-refractivity contribution in [3.05, 3.63) is 90.0 Å². The number of para-hydroxylation sites is 2. The summed E-state index contributed by atoms with van der Waals surface area (Å²) in [6, 6.07) is 20.3. The fraction of sp³-hybridized carbons (Fsp3) is 0.125. The van der Waals surface area contributed by atoms with E-state index in [1.807, 2.05) is 59.4 Å². The molecule has 0 unspecified atom stereocenters. The second kappa shape index (κ2) is 8.20. The predicted octanol–water partition coefficient (Wildman–Crippen LogP) is 3.52. The van der Waals surface area contributed by atoms with Crippen LogP contribution < -0.4 is 9.80 Å². The topological polar surface area (TPSA) is 78.6 Å². The highest BCUT2D eigenvalue weighted by Crippen LogP contribution is 2.40. The molecule has 0 aliphatic carbocycles. The smallest absolute Gasteiger partial charge is 0.338 e. The molecule has 154 valence electrons. The molecule has 3 aromatic rings. The van der Waals surface area contributed by atoms with Crippen LogP contribution in [0.4, 0.5) is 11.4 Å². The number of ether oxygens (including phenoxy) is 1. The molecule has 0 atom stereocenters. The summed E-state index contributed by atoms with van der Waals surface area (Å²) < 4.78 is 7.11. The van der Waals surface area contributed by atoms with E-state index < -0.39 is 18.4 Å². The summed E-state index contributed by atoms with van der Waals surface area (Å²) in [7, 11) is 3.58. The highest BCUT2D eigenvalue weighted by Gasteiger charge is 2.31. The molecule has 7 nitrogen and oxygen atoms in total. The fourth-order valence-corrected chi connectivity index (χ4v) is 3.62. The SMILES string of the molecule is CN1C(=C(C#N)C(=O)COC(=O)c2ccc(-n3cccc3)cc2)N(C)c2ccccc21. The van der Waals surface area contributed by atoms with Crippen molar-refractivity contribution in [3.8, 4) is 11.8 Å². The summed E-state index contributed by atoms with van der Waals surface area (Å²) in [5.41, 5.74) is 2.95. The number of nitriles is 1. The van der Waals surface area contributed by atoms with Gasteiger partial charge in [-0.3, -0.25) is 4.79 Å². The van der Waals surface area contributed by atoms with E-state index in [1.165, 1.54) is 0 Å². The monoisotopic (exact) mass is 412 g/mol. The summed E-state index contributed by atoms with van der Waals surface area (Å²) in [5, 5.41) is 9.65. The zero-order chi connectivity index (χ0) is 22.0. The number of ketones is 1. The van der Waals surface area contributed by atoms with Gasteiger partial charge in [0.25, 0.3) is 0 Å². The van der Waals surface area contributed by atoms with Crippen LogP contribution in [0.15, 0.2) is 84.5 Å². The van der Waals surface area contributed by atoms with Gasteiger partial charge in [-0.2, -0.15) is 5.26 Å². The lowest BCUT2D eigenvalue weighted by atomic mass is 10.1. The molecule has 7 heteroatoms. The normalized spacial score (nSPS) is 12.4. The van der Waals surface area contributed by atoms with Gasteiger partial charge in [-0.25, -0.2) is 4.79 Å². The van der Waals surface area contributed by atoms with E-state index in [0.717, 1.165) is 17.1 Å². The largest absolute Gasteiger partial charge is 0.454 e. The molecule has 0 amide bonds. The van der Waals surface area contributed by atoms with E-state index in [2.05, 4.69) is 0 Å². The lowest BCUT2D eigenvalue weighted by Gasteiger charge is -2.19. The Balaban J connectivity index is 1.47. The van der Waals surface area contributed by atoms with Crippen LogP contribution in [-0.4, -0.2) is 37.0 Å². The van der Waals surface area contributed by atoms with Gasteiger partial charge in [-0.15, -0.1) is 0 Å². The molecule has 0 saturated carbocycles. The third-order valence-corrected chi connectivity index (χ3v) is 5.19. The van der Waals surface area contributed by atoms with E-state index >= 15 is 0 Å². The average Bonchev–Trinajstić information content (AvgIpc) is 3.42. The number of esters is 1. The molecule has 2 heterocycles. The van der Waals surface area contributed by atoms with Crippen molar-refractivity contribution in [1.82, 2.24) is 4.57 Å². The van der Waals surface area contributed by atoms with Gasteiger partial charge in [0.2, 0.25) is 5.78 Å². The maximum Gasteiger partial charge on any atom is 0.338 e. The highest BCUT2D eigenvalue weighted by atomic mass is 16.5. The average molecular weight is 412 g/mol. The Bertz CT molecular complexity index is 1170. The third-order valence-electron chi connectivity index (χ3n) is 5.19. The van der Waals surface area contributed by atoms with Gasteiger partial charge in [0.1, 0.15) is 17.5 Å². The van der Waals surface area contributed by atoms with E-state index in [9.17, 15) is 14.9 Å². The maximum absolute atomic E-state index is 12.7. The first kappa shape index (κ1) is 20.0. The molecule has 2 aromatic carbocycles. The summed E-state index contributed by atoms with van der Waals surface area (Å²) in [4.78, 5) is 28.7. The summed E-state index contributed by atoms with van der Waals surface area (Å²) in [5.74, 6) is -0.715. The summed E-state index contributed by atoms with van der Waals surface area (Å²) in [6.07, 6.45) is 3.80. The lowest BCUT2D eigenvalue weighted by Crippen LogP contribution is -2.27. The number of hydrogen-bond donors (Lipinski definition) is 0. The number of carbonyl (C=O) groups excluding carboxylic acids is 2. The van der Waals surface area contributed by atoms with Crippen LogP contribution in [-0.2, 0) is 9.53 Å². The first-order valence-corrected chi connectivity index (χ1v) is 9.66. The van der Waals surface area contributed by atoms with Crippen molar-refractivity contribution in [1.29, 1.82) is 5.26 Å². The Kier molecular flexibility index (Phi) is 5.29. The number of rotatable bonds is 5. The van der Waals surface area contributed by atoms with Crippen LogP contribution in [0.25, 0.3) is 5.69 Å². The molecule has 0 N–H and O–H groups in total. The van der Waals surface area contributed by atoms with Crippen molar-refractivity contribution in [2.45, 2.75) is 0 Å². The van der Waals surface area contributed by atoms with Crippen molar-refractivity contribution < 1.29 is 14.3 Å². The van der Waals surface area contributed by atoms with Crippen LogP contribution in [0.1, 0.15) is 10.4 Å². The van der Waals surface area contributed by atoms with Crippen LogP contribution in [0.5, 0.6) is 0 Å². The Hall–Kier alpha value is -4.31. The molecule has 4 rings (SSSR count). The molecule has 0 saturated heterocycles. The van der Waals surface area contributed by atoms with E-state index in [-0.39, 0.29) is 5.57 Å². The molecule has 31 heavy (non-hydrogen) atoms. The summed E-state index contributed by atoms with van der Waals surface area (Å²) >= 11 is 0. The first-order chi connectivity index (χ1) is 15.0. The van der Waals surface area contributed by atoms with Crippen molar-refractivity contribution >= 4 is 23.1 Å². The maximum atomic E-state index is 12.7. The van der Waals surface area contributed by atoms with Crippen molar-refractivity contribution in [2.24, 2.45) is 0 Å². The highest BCUT2D eigenvalue weighted by molar-refractivity contribution is 6.04. The quantitative estimate of drug-likeness (QED) is 0.362. The van der Waals surface area contributed by atoms with E-state index in [1.54, 1.807) is 48.2 Å². The second-order valence-corrected chi connectivity index (χ2v) is 7.05. The zero-order valence-electron chi connectivity index (χ0n) is 17.1. The van der Waals surface area contributed by atoms with Crippen LogP contribution in [0, 0.1) is 11.3 Å². The molecule has 1 aromatic heterocycles. The molecular weight excluding hydrogens is 392 g/mol. The molecule has 0 radical (unpaired) electrons. The number of Topliss-reactive ketones (excluding diaryl/α,β-unsaturated/α-hetero) is 1. The number of anilines is 2. The minimum absolute atomic E-state index is 0.0584. The predicted molar refractivity (Wildman–Crippen MR) is 117 cm³/mol. The van der Waals surface area contributed by atoms with Gasteiger partial charge < -0.3 is 19.1 Å². The molecule has 1 aliphatic heterocycles. The number of benzene rings is 2. The van der Waals surface area contributed by atoms with Gasteiger partial charge in [0.05, 0.1) is 16.9 Å². The van der Waals surface area contributed by atoms with Crippen molar-refractivity contribution in [3.63, 3.8) is 0 Å². The molecule has 0 spiro atoms. The zero-order valence-corrected chi connectivity index (χ0v) is 17.1. The fourth-order valence-electron chi connectivity index (χ4n) is 3.62. The number of carbonyl (C=O) groups is 2. The molecule has 1 aliphatic rings. The molecule has 0 bridgehead atoms. The number of fused-ring (bicyclic) bond motifs is 1. The standard InChI is InChI=1S/C24H20N4O3/c1-26-20-7-3-4-8-21(20)27(2)23(26)19(15-25)22(29)16-31-24(30)17-9-11-18(12-10-17)28-13-5-6-14-28/h3-14H,16H2,1-2H3. The minimum atomic E-state index is -0.619. The number of aromatic nitrogens is 1. The van der Waals surface area contributed by atoms with Gasteiger partial charge >= 0.3 is 5.97 Å².